The van der Waals surface area contributed by atoms with Crippen LogP contribution >= 0.6 is 11.6 Å². The third-order valence-electron chi connectivity index (χ3n) is 3.80. The van der Waals surface area contributed by atoms with Crippen LogP contribution in [0.4, 0.5) is 11.4 Å². The Morgan fingerprint density at radius 2 is 1.81 bits per heavy atom. The van der Waals surface area contributed by atoms with Crippen LogP contribution in [0.15, 0.2) is 36.4 Å². The number of benzene rings is 2. The Balaban J connectivity index is 2.15. The van der Waals surface area contributed by atoms with Crippen molar-refractivity contribution in [1.82, 2.24) is 0 Å². The highest BCUT2D eigenvalue weighted by molar-refractivity contribution is 6.34. The van der Waals surface area contributed by atoms with Crippen molar-refractivity contribution in [2.45, 2.75) is 27.7 Å². The summed E-state index contributed by atoms with van der Waals surface area (Å²) >= 11 is 6.32. The normalized spacial score (nSPS) is 10.3. The summed E-state index contributed by atoms with van der Waals surface area (Å²) in [7, 11) is 0. The molecule has 0 unspecified atom stereocenters. The van der Waals surface area contributed by atoms with Gasteiger partial charge in [-0.25, -0.2) is 0 Å². The van der Waals surface area contributed by atoms with Crippen molar-refractivity contribution in [1.29, 1.82) is 0 Å². The van der Waals surface area contributed by atoms with Crippen LogP contribution in [0.1, 0.15) is 25.0 Å². The van der Waals surface area contributed by atoms with Gasteiger partial charge >= 0.3 is 0 Å². The fraction of sp³-hybridized carbons (Fsp3) is 0.300. The molecule has 6 heteroatoms. The van der Waals surface area contributed by atoms with E-state index >= 15 is 0 Å². The van der Waals surface area contributed by atoms with Crippen LogP contribution in [-0.2, 0) is 9.59 Å². The highest BCUT2D eigenvalue weighted by atomic mass is 35.5. The van der Waals surface area contributed by atoms with Crippen LogP contribution in [0.5, 0.6) is 5.75 Å². The van der Waals surface area contributed by atoms with Gasteiger partial charge in [0, 0.05) is 12.6 Å². The van der Waals surface area contributed by atoms with Gasteiger partial charge in [-0.3, -0.25) is 9.59 Å². The molecule has 26 heavy (non-hydrogen) atoms. The van der Waals surface area contributed by atoms with E-state index in [-0.39, 0.29) is 18.4 Å². The predicted octanol–water partition coefficient (Wildman–Crippen LogP) is 4.35. The highest BCUT2D eigenvalue weighted by Crippen LogP contribution is 2.31. The molecule has 0 radical (unpaired) electrons. The summed E-state index contributed by atoms with van der Waals surface area (Å²) in [6.45, 7) is 7.58. The molecule has 0 atom stereocenters. The summed E-state index contributed by atoms with van der Waals surface area (Å²) in [6, 6.07) is 10.8. The Kier molecular flexibility index (Phi) is 6.64. The zero-order chi connectivity index (χ0) is 19.3. The molecule has 2 aromatic rings. The standard InChI is InChI=1S/C20H23ClN2O3/c1-5-26-17-8-6-16(7-9-17)22-19(25)12-23(15(4)24)20-14(3)10-13(2)11-18(20)21/h6-11H,5,12H2,1-4H3,(H,22,25). The molecule has 138 valence electrons. The molecule has 0 fully saturated rings. The first-order chi connectivity index (χ1) is 12.3. The van der Waals surface area contributed by atoms with E-state index in [4.69, 9.17) is 16.3 Å². The minimum absolute atomic E-state index is 0.119. The fourth-order valence-electron chi connectivity index (χ4n) is 2.74. The molecule has 0 aliphatic rings. The molecular weight excluding hydrogens is 352 g/mol. The number of anilines is 2. The third-order valence-corrected chi connectivity index (χ3v) is 4.09. The van der Waals surface area contributed by atoms with Crippen molar-refractivity contribution in [2.24, 2.45) is 0 Å². The Bertz CT molecular complexity index is 780. The molecule has 0 aliphatic carbocycles. The minimum atomic E-state index is -0.305. The number of rotatable bonds is 6. The fourth-order valence-corrected chi connectivity index (χ4v) is 3.17. The summed E-state index contributed by atoms with van der Waals surface area (Å²) < 4.78 is 5.38. The van der Waals surface area contributed by atoms with Gasteiger partial charge in [0.05, 0.1) is 17.3 Å². The average Bonchev–Trinajstić information content (AvgIpc) is 2.55. The van der Waals surface area contributed by atoms with Gasteiger partial charge < -0.3 is 15.0 Å². The zero-order valence-electron chi connectivity index (χ0n) is 15.4. The highest BCUT2D eigenvalue weighted by Gasteiger charge is 2.20. The second kappa shape index (κ2) is 8.72. The topological polar surface area (TPSA) is 58.6 Å². The number of nitrogens with one attached hydrogen (secondary N) is 1. The van der Waals surface area contributed by atoms with E-state index in [2.05, 4.69) is 5.32 Å². The molecule has 2 amide bonds. The molecule has 2 rings (SSSR count). The van der Waals surface area contributed by atoms with E-state index in [1.807, 2.05) is 26.8 Å². The third kappa shape index (κ3) is 4.99. The molecule has 0 heterocycles. The molecule has 1 N–H and O–H groups in total. The van der Waals surface area contributed by atoms with Gasteiger partial charge in [0.25, 0.3) is 0 Å². The van der Waals surface area contributed by atoms with E-state index in [1.165, 1.54) is 11.8 Å². The Morgan fingerprint density at radius 3 is 2.35 bits per heavy atom. The largest absolute Gasteiger partial charge is 0.494 e. The molecule has 0 aliphatic heterocycles. The molecule has 2 aromatic carbocycles. The molecule has 0 saturated heterocycles. The number of ether oxygens (including phenoxy) is 1. The summed E-state index contributed by atoms with van der Waals surface area (Å²) in [5.74, 6) is 0.180. The van der Waals surface area contributed by atoms with Crippen LogP contribution in [0.25, 0.3) is 0 Å². The number of carbonyl (C=O) groups excluding carboxylic acids is 2. The first-order valence-corrected chi connectivity index (χ1v) is 8.77. The lowest BCUT2D eigenvalue weighted by Crippen LogP contribution is -2.37. The Hall–Kier alpha value is -2.53. The smallest absolute Gasteiger partial charge is 0.244 e. The Morgan fingerprint density at radius 1 is 1.15 bits per heavy atom. The van der Waals surface area contributed by atoms with Crippen molar-refractivity contribution < 1.29 is 14.3 Å². The second-order valence-electron chi connectivity index (χ2n) is 6.02. The molecule has 0 spiro atoms. The lowest BCUT2D eigenvalue weighted by Gasteiger charge is -2.24. The van der Waals surface area contributed by atoms with E-state index in [1.54, 1.807) is 30.3 Å². The number of hydrogen-bond acceptors (Lipinski definition) is 3. The average molecular weight is 375 g/mol. The molecular formula is C20H23ClN2O3. The maximum Gasteiger partial charge on any atom is 0.244 e. The number of nitrogens with zero attached hydrogens (tertiary/aromatic N) is 1. The van der Waals surface area contributed by atoms with Crippen molar-refractivity contribution in [3.63, 3.8) is 0 Å². The van der Waals surface area contributed by atoms with Gasteiger partial charge in [0.1, 0.15) is 12.3 Å². The number of aryl methyl sites for hydroxylation is 2. The Labute approximate surface area is 158 Å². The maximum absolute atomic E-state index is 12.4. The lowest BCUT2D eigenvalue weighted by atomic mass is 10.1. The quantitative estimate of drug-likeness (QED) is 0.817. The summed E-state index contributed by atoms with van der Waals surface area (Å²) in [4.78, 5) is 25.9. The van der Waals surface area contributed by atoms with Crippen molar-refractivity contribution in [2.75, 3.05) is 23.4 Å². The molecule has 0 aromatic heterocycles. The van der Waals surface area contributed by atoms with E-state index in [9.17, 15) is 9.59 Å². The van der Waals surface area contributed by atoms with Gasteiger partial charge in [0.15, 0.2) is 0 Å². The van der Waals surface area contributed by atoms with Gasteiger partial charge in [-0.15, -0.1) is 0 Å². The summed E-state index contributed by atoms with van der Waals surface area (Å²) in [6.07, 6.45) is 0. The maximum atomic E-state index is 12.4. The van der Waals surface area contributed by atoms with Crippen molar-refractivity contribution in [3.8, 4) is 5.75 Å². The lowest BCUT2D eigenvalue weighted by molar-refractivity contribution is -0.120. The van der Waals surface area contributed by atoms with E-state index < -0.39 is 0 Å². The van der Waals surface area contributed by atoms with E-state index in [0.717, 1.165) is 16.9 Å². The minimum Gasteiger partial charge on any atom is -0.494 e. The first kappa shape index (κ1) is 19.8. The van der Waals surface area contributed by atoms with Gasteiger partial charge in [-0.2, -0.15) is 0 Å². The molecule has 5 nitrogen and oxygen atoms in total. The van der Waals surface area contributed by atoms with Crippen LogP contribution in [0.3, 0.4) is 0 Å². The number of hydrogen-bond donors (Lipinski definition) is 1. The zero-order valence-corrected chi connectivity index (χ0v) is 16.2. The molecule has 0 bridgehead atoms. The van der Waals surface area contributed by atoms with Crippen LogP contribution in [0.2, 0.25) is 5.02 Å². The summed E-state index contributed by atoms with van der Waals surface area (Å²) in [5, 5.41) is 3.24. The van der Waals surface area contributed by atoms with Gasteiger partial charge in [-0.1, -0.05) is 17.7 Å². The number of amides is 2. The molecule has 0 saturated carbocycles. The van der Waals surface area contributed by atoms with Crippen LogP contribution < -0.4 is 15.0 Å². The predicted molar refractivity (Wildman–Crippen MR) is 105 cm³/mol. The monoisotopic (exact) mass is 374 g/mol. The van der Waals surface area contributed by atoms with Crippen LogP contribution in [0, 0.1) is 13.8 Å². The first-order valence-electron chi connectivity index (χ1n) is 8.39. The van der Waals surface area contributed by atoms with Crippen molar-refractivity contribution in [3.05, 3.63) is 52.5 Å². The SMILES string of the molecule is CCOc1ccc(NC(=O)CN(C(C)=O)c2c(C)cc(C)cc2Cl)cc1. The van der Waals surface area contributed by atoms with Gasteiger partial charge in [0.2, 0.25) is 11.8 Å². The number of halogens is 1. The van der Waals surface area contributed by atoms with Gasteiger partial charge in [-0.05, 0) is 62.2 Å². The van der Waals surface area contributed by atoms with Crippen LogP contribution in [-0.4, -0.2) is 25.0 Å². The summed E-state index contributed by atoms with van der Waals surface area (Å²) in [5.41, 5.74) is 3.04. The van der Waals surface area contributed by atoms with Crippen molar-refractivity contribution >= 4 is 34.8 Å². The second-order valence-corrected chi connectivity index (χ2v) is 6.43. The van der Waals surface area contributed by atoms with E-state index in [0.29, 0.717) is 23.0 Å². The number of carbonyl (C=O) groups is 2.